The largest absolute Gasteiger partial charge is 0.380 e. The van der Waals surface area contributed by atoms with Gasteiger partial charge in [-0.1, -0.05) is 79.7 Å². The molecule has 0 aliphatic heterocycles. The smallest absolute Gasteiger partial charge is 0.118 e. The monoisotopic (exact) mass is 357 g/mol. The zero-order valence-corrected chi connectivity index (χ0v) is 15.7. The van der Waals surface area contributed by atoms with Gasteiger partial charge in [0.15, 0.2) is 0 Å². The molecule has 0 heterocycles. The Morgan fingerprint density at radius 2 is 1.32 bits per heavy atom. The van der Waals surface area contributed by atoms with E-state index in [1.807, 2.05) is 72.8 Å². The van der Waals surface area contributed by atoms with Crippen molar-refractivity contribution in [1.82, 2.24) is 4.90 Å². The lowest BCUT2D eigenvalue weighted by molar-refractivity contribution is 0.0102. The van der Waals surface area contributed by atoms with E-state index in [1.54, 1.807) is 0 Å². The molecule has 2 aromatic carbocycles. The normalized spacial score (nSPS) is 12.3. The lowest BCUT2D eigenvalue weighted by Gasteiger charge is -2.38. The van der Waals surface area contributed by atoms with E-state index in [0.717, 1.165) is 30.8 Å². The standard InChI is InChI=1S/C22H27NO.ClH/c1-4-16-23(17-5-2)18-19(3)22(24,20-12-8-6-9-13-20)21-14-10-7-11-15-21;/h4-15,19,24H,1-2,16-18H2,3H3;1H. The number of rotatable bonds is 9. The van der Waals surface area contributed by atoms with Gasteiger partial charge < -0.3 is 5.11 Å². The second-order valence-electron chi connectivity index (χ2n) is 6.20. The van der Waals surface area contributed by atoms with Crippen LogP contribution in [0.1, 0.15) is 18.1 Å². The summed E-state index contributed by atoms with van der Waals surface area (Å²) in [6, 6.07) is 19.8. The second kappa shape index (κ2) is 10.2. The van der Waals surface area contributed by atoms with Crippen molar-refractivity contribution in [2.75, 3.05) is 19.6 Å². The van der Waals surface area contributed by atoms with Crippen LogP contribution in [0, 0.1) is 5.92 Å². The third-order valence-corrected chi connectivity index (χ3v) is 4.45. The zero-order chi connectivity index (χ0) is 17.4. The van der Waals surface area contributed by atoms with Crippen LogP contribution in [0.5, 0.6) is 0 Å². The minimum atomic E-state index is -1.04. The number of hydrogen-bond acceptors (Lipinski definition) is 2. The van der Waals surface area contributed by atoms with E-state index in [-0.39, 0.29) is 18.3 Å². The van der Waals surface area contributed by atoms with Gasteiger partial charge in [0.1, 0.15) is 5.60 Å². The maximum atomic E-state index is 11.7. The van der Waals surface area contributed by atoms with Gasteiger partial charge in [0.05, 0.1) is 0 Å². The lowest BCUT2D eigenvalue weighted by atomic mass is 9.76. The van der Waals surface area contributed by atoms with Crippen molar-refractivity contribution in [3.05, 3.63) is 97.1 Å². The summed E-state index contributed by atoms with van der Waals surface area (Å²) in [5.74, 6) is 0.00204. The molecular weight excluding hydrogens is 330 g/mol. The molecule has 134 valence electrons. The molecule has 0 saturated heterocycles. The van der Waals surface area contributed by atoms with E-state index in [9.17, 15) is 5.11 Å². The Hall–Kier alpha value is -1.87. The lowest BCUT2D eigenvalue weighted by Crippen LogP contribution is -2.42. The van der Waals surface area contributed by atoms with Crippen LogP contribution in [0.3, 0.4) is 0 Å². The first-order valence-corrected chi connectivity index (χ1v) is 8.40. The molecular formula is C22H28ClNO. The van der Waals surface area contributed by atoms with Crippen LogP contribution in [-0.2, 0) is 5.60 Å². The SMILES string of the molecule is C=CCN(CC=C)CC(C)C(O)(c1ccccc1)c1ccccc1.Cl. The van der Waals surface area contributed by atoms with Gasteiger partial charge >= 0.3 is 0 Å². The Bertz CT molecular complexity index is 592. The molecule has 0 saturated carbocycles. The molecule has 0 fully saturated rings. The number of nitrogens with zero attached hydrogens (tertiary/aromatic N) is 1. The fourth-order valence-corrected chi connectivity index (χ4v) is 3.23. The van der Waals surface area contributed by atoms with Crippen LogP contribution < -0.4 is 0 Å². The van der Waals surface area contributed by atoms with E-state index in [4.69, 9.17) is 0 Å². The maximum absolute atomic E-state index is 11.7. The second-order valence-corrected chi connectivity index (χ2v) is 6.20. The molecule has 0 bridgehead atoms. The molecule has 2 rings (SSSR count). The summed E-state index contributed by atoms with van der Waals surface area (Å²) in [7, 11) is 0. The van der Waals surface area contributed by atoms with E-state index in [0.29, 0.717) is 0 Å². The third kappa shape index (κ3) is 5.05. The van der Waals surface area contributed by atoms with Crippen LogP contribution in [0.4, 0.5) is 0 Å². The molecule has 1 unspecified atom stereocenters. The summed E-state index contributed by atoms with van der Waals surface area (Å²) in [4.78, 5) is 2.24. The third-order valence-electron chi connectivity index (χ3n) is 4.45. The van der Waals surface area contributed by atoms with Crippen LogP contribution in [0.2, 0.25) is 0 Å². The van der Waals surface area contributed by atoms with Crippen molar-refractivity contribution in [2.45, 2.75) is 12.5 Å². The summed E-state index contributed by atoms with van der Waals surface area (Å²) < 4.78 is 0. The average Bonchev–Trinajstić information content (AvgIpc) is 2.63. The molecule has 0 spiro atoms. The predicted molar refractivity (Wildman–Crippen MR) is 109 cm³/mol. The Morgan fingerprint density at radius 3 is 1.68 bits per heavy atom. The van der Waals surface area contributed by atoms with Crippen LogP contribution in [0.15, 0.2) is 86.0 Å². The Morgan fingerprint density at radius 1 is 0.920 bits per heavy atom. The van der Waals surface area contributed by atoms with E-state index in [2.05, 4.69) is 25.0 Å². The molecule has 0 aromatic heterocycles. The van der Waals surface area contributed by atoms with Gasteiger partial charge in [0.2, 0.25) is 0 Å². The Labute approximate surface area is 157 Å². The molecule has 25 heavy (non-hydrogen) atoms. The first kappa shape index (κ1) is 21.2. The Kier molecular flexibility index (Phi) is 8.64. The van der Waals surface area contributed by atoms with Crippen LogP contribution in [0.25, 0.3) is 0 Å². The maximum Gasteiger partial charge on any atom is 0.118 e. The summed E-state index contributed by atoms with van der Waals surface area (Å²) in [6.07, 6.45) is 3.78. The molecule has 2 aromatic rings. The number of halogens is 1. The molecule has 1 atom stereocenters. The van der Waals surface area contributed by atoms with Gasteiger partial charge in [0.25, 0.3) is 0 Å². The molecule has 0 amide bonds. The quantitative estimate of drug-likeness (QED) is 0.660. The number of benzene rings is 2. The summed E-state index contributed by atoms with van der Waals surface area (Å²) in [5.41, 5.74) is 0.796. The molecule has 2 nitrogen and oxygen atoms in total. The van der Waals surface area contributed by atoms with E-state index >= 15 is 0 Å². The van der Waals surface area contributed by atoms with Crippen LogP contribution in [-0.4, -0.2) is 29.6 Å². The fourth-order valence-electron chi connectivity index (χ4n) is 3.23. The van der Waals surface area contributed by atoms with E-state index in [1.165, 1.54) is 0 Å². The zero-order valence-electron chi connectivity index (χ0n) is 14.8. The van der Waals surface area contributed by atoms with Crippen molar-refractivity contribution in [3.8, 4) is 0 Å². The number of hydrogen-bond donors (Lipinski definition) is 1. The molecule has 1 N–H and O–H groups in total. The Balaban J connectivity index is 0.00000312. The van der Waals surface area contributed by atoms with Gasteiger partial charge in [-0.25, -0.2) is 0 Å². The summed E-state index contributed by atoms with van der Waals surface area (Å²) >= 11 is 0. The van der Waals surface area contributed by atoms with Crippen molar-refractivity contribution in [3.63, 3.8) is 0 Å². The van der Waals surface area contributed by atoms with Crippen molar-refractivity contribution < 1.29 is 5.11 Å². The molecule has 0 aliphatic rings. The van der Waals surface area contributed by atoms with Gasteiger partial charge in [-0.3, -0.25) is 4.90 Å². The molecule has 0 radical (unpaired) electrons. The van der Waals surface area contributed by atoms with Crippen molar-refractivity contribution in [2.24, 2.45) is 5.92 Å². The highest BCUT2D eigenvalue weighted by Crippen LogP contribution is 2.37. The average molecular weight is 358 g/mol. The highest BCUT2D eigenvalue weighted by molar-refractivity contribution is 5.85. The van der Waals surface area contributed by atoms with Crippen molar-refractivity contribution in [1.29, 1.82) is 0 Å². The highest BCUT2D eigenvalue weighted by atomic mass is 35.5. The van der Waals surface area contributed by atoms with Gasteiger partial charge in [-0.05, 0) is 11.1 Å². The van der Waals surface area contributed by atoms with Crippen molar-refractivity contribution >= 4 is 12.4 Å². The minimum absolute atomic E-state index is 0. The summed E-state index contributed by atoms with van der Waals surface area (Å²) in [5, 5.41) is 11.7. The fraction of sp³-hybridized carbons (Fsp3) is 0.273. The molecule has 3 heteroatoms. The van der Waals surface area contributed by atoms with Gasteiger partial charge in [0, 0.05) is 25.6 Å². The van der Waals surface area contributed by atoms with E-state index < -0.39 is 5.60 Å². The number of aliphatic hydroxyl groups is 1. The predicted octanol–water partition coefficient (Wildman–Crippen LogP) is 4.65. The first-order chi connectivity index (χ1) is 11.6. The first-order valence-electron chi connectivity index (χ1n) is 8.40. The topological polar surface area (TPSA) is 23.5 Å². The summed E-state index contributed by atoms with van der Waals surface area (Å²) in [6.45, 7) is 12.1. The van der Waals surface area contributed by atoms with Crippen LogP contribution >= 0.6 is 12.4 Å². The van der Waals surface area contributed by atoms with Gasteiger partial charge in [-0.15, -0.1) is 25.6 Å². The van der Waals surface area contributed by atoms with Gasteiger partial charge in [-0.2, -0.15) is 0 Å². The molecule has 0 aliphatic carbocycles. The minimum Gasteiger partial charge on any atom is -0.380 e. The highest BCUT2D eigenvalue weighted by Gasteiger charge is 2.38.